The summed E-state index contributed by atoms with van der Waals surface area (Å²) in [5.74, 6) is -0.313. The Kier molecular flexibility index (Phi) is 8.92. The maximum Gasteiger partial charge on any atom is 0.264 e. The van der Waals surface area contributed by atoms with Crippen LogP contribution in [0.5, 0.6) is 0 Å². The first-order valence-corrected chi connectivity index (χ1v) is 16.6. The fraction of sp³-hybridized carbons (Fsp3) is 0.667. The molecule has 226 valence electrons. The molecule has 0 aliphatic carbocycles. The van der Waals surface area contributed by atoms with Gasteiger partial charge in [0.05, 0.1) is 16.9 Å². The van der Waals surface area contributed by atoms with Crippen LogP contribution in [-0.2, 0) is 10.0 Å². The molecule has 4 heterocycles. The lowest BCUT2D eigenvalue weighted by molar-refractivity contribution is 0.0275. The highest BCUT2D eigenvalue weighted by Crippen LogP contribution is 2.36. The average molecular weight is 588 g/mol. The van der Waals surface area contributed by atoms with E-state index in [4.69, 9.17) is 0 Å². The van der Waals surface area contributed by atoms with E-state index in [1.54, 1.807) is 28.8 Å². The van der Waals surface area contributed by atoms with Crippen LogP contribution in [-0.4, -0.2) is 107 Å². The molecule has 41 heavy (non-hydrogen) atoms. The summed E-state index contributed by atoms with van der Waals surface area (Å²) in [6.45, 7) is 10.6. The Balaban J connectivity index is 1.16. The molecule has 3 aliphatic rings. The number of benzene rings is 1. The second-order valence-corrected chi connectivity index (χ2v) is 15.0. The SMILES string of the molecule is CC(C)n1c(=O)c(C(=O)NC2CC3CCC(C2)N3C[C@H](O)CN2CCN(S(=O)(=O)C(C)C)CC2)cc2ccccc21. The molecule has 2 bridgehead atoms. The molecule has 5 rings (SSSR count). The summed E-state index contributed by atoms with van der Waals surface area (Å²) < 4.78 is 28.2. The average Bonchev–Trinajstić information content (AvgIpc) is 3.14. The minimum atomic E-state index is -3.24. The third kappa shape index (κ3) is 6.24. The second-order valence-electron chi connectivity index (χ2n) is 12.6. The number of amides is 1. The molecule has 3 fully saturated rings. The van der Waals surface area contributed by atoms with Crippen LogP contribution in [0.2, 0.25) is 0 Å². The van der Waals surface area contributed by atoms with E-state index in [-0.39, 0.29) is 41.2 Å². The summed E-state index contributed by atoms with van der Waals surface area (Å²) in [6, 6.07) is 9.87. The molecule has 1 amide bonds. The fourth-order valence-electron chi connectivity index (χ4n) is 6.98. The summed E-state index contributed by atoms with van der Waals surface area (Å²) in [5, 5.41) is 14.6. The molecule has 2 aromatic rings. The second kappa shape index (κ2) is 12.1. The van der Waals surface area contributed by atoms with Crippen LogP contribution in [0, 0.1) is 0 Å². The monoisotopic (exact) mass is 587 g/mol. The molecule has 2 unspecified atom stereocenters. The number of rotatable bonds is 9. The summed E-state index contributed by atoms with van der Waals surface area (Å²) in [7, 11) is -3.24. The lowest BCUT2D eigenvalue weighted by Gasteiger charge is -2.41. The number of nitrogens with zero attached hydrogens (tertiary/aromatic N) is 4. The summed E-state index contributed by atoms with van der Waals surface area (Å²) in [6.07, 6.45) is 3.14. The molecule has 0 spiro atoms. The number of piperazine rings is 1. The van der Waals surface area contributed by atoms with E-state index >= 15 is 0 Å². The van der Waals surface area contributed by atoms with Gasteiger partial charge in [-0.3, -0.25) is 19.4 Å². The van der Waals surface area contributed by atoms with Gasteiger partial charge in [0.2, 0.25) is 10.0 Å². The van der Waals surface area contributed by atoms with Crippen LogP contribution in [0.4, 0.5) is 0 Å². The zero-order valence-corrected chi connectivity index (χ0v) is 25.5. The number of aliphatic hydroxyl groups excluding tert-OH is 1. The third-order valence-corrected chi connectivity index (χ3v) is 11.4. The van der Waals surface area contributed by atoms with Crippen molar-refractivity contribution >= 4 is 26.8 Å². The predicted molar refractivity (Wildman–Crippen MR) is 161 cm³/mol. The first-order chi connectivity index (χ1) is 19.5. The number of piperidine rings is 1. The number of aromatic nitrogens is 1. The van der Waals surface area contributed by atoms with Gasteiger partial charge in [0.1, 0.15) is 5.56 Å². The Morgan fingerprint density at radius 1 is 1.00 bits per heavy atom. The standard InChI is InChI=1S/C30H45N5O5S/c1-20(2)35-28-8-6-5-7-22(28)15-27(30(35)38)29(37)31-23-16-24-9-10-25(17-23)34(24)19-26(36)18-32-11-13-33(14-12-32)41(39,40)21(3)4/h5-8,15,20-21,23-26,36H,9-14,16-19H2,1-4H3,(H,31,37)/t23?,24?,25?,26-/m1/s1. The van der Waals surface area contributed by atoms with Gasteiger partial charge in [-0.05, 0) is 70.9 Å². The van der Waals surface area contributed by atoms with Crippen LogP contribution in [0.15, 0.2) is 35.1 Å². The van der Waals surface area contributed by atoms with Crippen molar-refractivity contribution in [1.82, 2.24) is 24.0 Å². The number of β-amino-alcohol motifs (C(OH)–C–C–N with tert-alkyl or cyclic N) is 1. The van der Waals surface area contributed by atoms with E-state index in [9.17, 15) is 23.1 Å². The summed E-state index contributed by atoms with van der Waals surface area (Å²) in [4.78, 5) is 31.2. The molecular weight excluding hydrogens is 542 g/mol. The van der Waals surface area contributed by atoms with Crippen molar-refractivity contribution in [2.45, 2.75) is 88.9 Å². The Hall–Kier alpha value is -2.31. The first kappa shape index (κ1) is 30.2. The number of hydrogen-bond acceptors (Lipinski definition) is 7. The van der Waals surface area contributed by atoms with Crippen LogP contribution in [0.1, 0.15) is 69.8 Å². The van der Waals surface area contributed by atoms with Crippen LogP contribution >= 0.6 is 0 Å². The van der Waals surface area contributed by atoms with Crippen molar-refractivity contribution in [1.29, 1.82) is 0 Å². The van der Waals surface area contributed by atoms with E-state index in [1.807, 2.05) is 38.1 Å². The summed E-state index contributed by atoms with van der Waals surface area (Å²) >= 11 is 0. The molecule has 11 heteroatoms. The van der Waals surface area contributed by atoms with Gasteiger partial charge in [0.15, 0.2) is 0 Å². The van der Waals surface area contributed by atoms with Crippen LogP contribution < -0.4 is 10.9 Å². The Morgan fingerprint density at radius 2 is 1.63 bits per heavy atom. The van der Waals surface area contributed by atoms with E-state index in [2.05, 4.69) is 15.1 Å². The van der Waals surface area contributed by atoms with Gasteiger partial charge >= 0.3 is 0 Å². The largest absolute Gasteiger partial charge is 0.390 e. The molecule has 10 nitrogen and oxygen atoms in total. The van der Waals surface area contributed by atoms with Crippen molar-refractivity contribution in [3.63, 3.8) is 0 Å². The Bertz CT molecular complexity index is 1400. The molecule has 0 saturated carbocycles. The number of carbonyl (C=O) groups excluding carboxylic acids is 1. The van der Waals surface area contributed by atoms with E-state index in [0.29, 0.717) is 39.3 Å². The van der Waals surface area contributed by atoms with Gasteiger partial charge < -0.3 is 15.0 Å². The van der Waals surface area contributed by atoms with Crippen molar-refractivity contribution in [3.8, 4) is 0 Å². The first-order valence-electron chi connectivity index (χ1n) is 15.1. The molecule has 1 aromatic carbocycles. The van der Waals surface area contributed by atoms with Crippen molar-refractivity contribution in [2.24, 2.45) is 0 Å². The van der Waals surface area contributed by atoms with Gasteiger partial charge in [-0.25, -0.2) is 8.42 Å². The molecule has 3 atom stereocenters. The number of carbonyl (C=O) groups is 1. The molecule has 1 aromatic heterocycles. The molecular formula is C30H45N5O5S. The Labute approximate surface area is 243 Å². The topological polar surface area (TPSA) is 115 Å². The molecule has 0 radical (unpaired) electrons. The van der Waals surface area contributed by atoms with Gasteiger partial charge in [-0.1, -0.05) is 18.2 Å². The number of para-hydroxylation sites is 1. The number of nitrogens with one attached hydrogen (secondary N) is 1. The number of aliphatic hydroxyl groups is 1. The van der Waals surface area contributed by atoms with E-state index in [1.165, 1.54) is 0 Å². The van der Waals surface area contributed by atoms with Gasteiger partial charge in [-0.2, -0.15) is 4.31 Å². The highest BCUT2D eigenvalue weighted by molar-refractivity contribution is 7.89. The Morgan fingerprint density at radius 3 is 2.24 bits per heavy atom. The number of fused-ring (bicyclic) bond motifs is 3. The van der Waals surface area contributed by atoms with Crippen LogP contribution in [0.3, 0.4) is 0 Å². The zero-order valence-electron chi connectivity index (χ0n) is 24.7. The van der Waals surface area contributed by atoms with Gasteiger partial charge in [0, 0.05) is 63.4 Å². The number of sulfonamides is 1. The van der Waals surface area contributed by atoms with Gasteiger partial charge in [0.25, 0.3) is 11.5 Å². The maximum absolute atomic E-state index is 13.4. The van der Waals surface area contributed by atoms with Gasteiger partial charge in [-0.15, -0.1) is 0 Å². The molecule has 3 saturated heterocycles. The minimum Gasteiger partial charge on any atom is -0.390 e. The van der Waals surface area contributed by atoms with E-state index in [0.717, 1.165) is 36.6 Å². The third-order valence-electron chi connectivity index (χ3n) is 9.10. The lowest BCUT2D eigenvalue weighted by atomic mass is 9.96. The zero-order chi connectivity index (χ0) is 29.5. The van der Waals surface area contributed by atoms with E-state index < -0.39 is 21.4 Å². The highest BCUT2D eigenvalue weighted by Gasteiger charge is 2.42. The van der Waals surface area contributed by atoms with Crippen molar-refractivity contribution in [2.75, 3.05) is 39.3 Å². The highest BCUT2D eigenvalue weighted by atomic mass is 32.2. The smallest absolute Gasteiger partial charge is 0.264 e. The quantitative estimate of drug-likeness (QED) is 0.461. The molecule has 2 N–H and O–H groups in total. The van der Waals surface area contributed by atoms with Crippen LogP contribution in [0.25, 0.3) is 10.9 Å². The maximum atomic E-state index is 13.4. The lowest BCUT2D eigenvalue weighted by Crippen LogP contribution is -2.55. The number of hydrogen-bond donors (Lipinski definition) is 2. The minimum absolute atomic E-state index is 0.0113. The van der Waals surface area contributed by atoms with Crippen molar-refractivity contribution in [3.05, 3.63) is 46.2 Å². The van der Waals surface area contributed by atoms with Crippen molar-refractivity contribution < 1.29 is 18.3 Å². The predicted octanol–water partition coefficient (Wildman–Crippen LogP) is 2.02. The fourth-order valence-corrected chi connectivity index (χ4v) is 8.25. The normalized spacial score (nSPS) is 25.3. The number of pyridine rings is 1. The summed E-state index contributed by atoms with van der Waals surface area (Å²) in [5.41, 5.74) is 0.752. The molecule has 3 aliphatic heterocycles.